The van der Waals surface area contributed by atoms with Crippen molar-refractivity contribution < 1.29 is 15.0 Å². The number of phenolic OH excluding ortho intramolecular Hbond substituents is 1. The Bertz CT molecular complexity index is 579. The topological polar surface area (TPSA) is 70.4 Å². The average Bonchev–Trinajstić information content (AvgIpc) is 2.32. The number of hydrogen-bond acceptors (Lipinski definition) is 3. The van der Waals surface area contributed by atoms with Gasteiger partial charge in [0.2, 0.25) is 0 Å². The minimum atomic E-state index is -1.08. The van der Waals surface area contributed by atoms with E-state index in [1.807, 2.05) is 6.92 Å². The molecule has 2 rings (SSSR count). The molecule has 0 aliphatic heterocycles. The smallest absolute Gasteiger partial charge is 0.354 e. The summed E-state index contributed by atoms with van der Waals surface area (Å²) in [7, 11) is 0. The number of carbonyl (C=O) groups is 1. The van der Waals surface area contributed by atoms with E-state index in [4.69, 9.17) is 5.11 Å². The van der Waals surface area contributed by atoms with Gasteiger partial charge in [-0.2, -0.15) is 0 Å². The van der Waals surface area contributed by atoms with Crippen LogP contribution in [0.2, 0.25) is 0 Å². The Kier molecular flexibility index (Phi) is 2.78. The summed E-state index contributed by atoms with van der Waals surface area (Å²) in [6.07, 6.45) is 0. The van der Waals surface area contributed by atoms with Crippen molar-refractivity contribution in [2.75, 3.05) is 0 Å². The molecule has 1 aromatic carbocycles. The van der Waals surface area contributed by atoms with Gasteiger partial charge >= 0.3 is 5.97 Å². The molecular weight excluding hydrogens is 218 g/mol. The van der Waals surface area contributed by atoms with E-state index in [-0.39, 0.29) is 11.4 Å². The van der Waals surface area contributed by atoms with Gasteiger partial charge in [0.05, 0.1) is 5.69 Å². The molecular formula is C13H11NO3. The molecule has 0 bridgehead atoms. The summed E-state index contributed by atoms with van der Waals surface area (Å²) < 4.78 is 0. The molecule has 0 unspecified atom stereocenters. The maximum atomic E-state index is 10.8. The van der Waals surface area contributed by atoms with Gasteiger partial charge < -0.3 is 10.2 Å². The van der Waals surface area contributed by atoms with E-state index < -0.39 is 5.97 Å². The van der Waals surface area contributed by atoms with Gasteiger partial charge in [0.25, 0.3) is 0 Å². The fraction of sp³-hybridized carbons (Fsp3) is 0.0769. The number of pyridine rings is 1. The number of carboxylic acids is 1. The molecule has 0 amide bonds. The second-order valence-electron chi connectivity index (χ2n) is 3.73. The van der Waals surface area contributed by atoms with Gasteiger partial charge in [-0.1, -0.05) is 17.7 Å². The van der Waals surface area contributed by atoms with E-state index in [0.717, 1.165) is 5.56 Å². The average molecular weight is 229 g/mol. The largest absolute Gasteiger partial charge is 0.507 e. The van der Waals surface area contributed by atoms with E-state index in [9.17, 15) is 9.90 Å². The number of aromatic hydroxyl groups is 1. The third-order valence-electron chi connectivity index (χ3n) is 2.40. The fourth-order valence-corrected chi connectivity index (χ4v) is 1.56. The molecule has 4 heteroatoms. The molecule has 0 atom stereocenters. The first-order valence-electron chi connectivity index (χ1n) is 5.08. The third kappa shape index (κ3) is 2.25. The van der Waals surface area contributed by atoms with Crippen LogP contribution >= 0.6 is 0 Å². The van der Waals surface area contributed by atoms with Crippen LogP contribution in [0.5, 0.6) is 5.75 Å². The Hall–Kier alpha value is -2.36. The Morgan fingerprint density at radius 3 is 2.71 bits per heavy atom. The Labute approximate surface area is 98.2 Å². The van der Waals surface area contributed by atoms with Crippen molar-refractivity contribution >= 4 is 5.97 Å². The first kappa shape index (κ1) is 11.1. The minimum absolute atomic E-state index is 0.0385. The van der Waals surface area contributed by atoms with Gasteiger partial charge in [0.1, 0.15) is 11.4 Å². The molecule has 1 heterocycles. The predicted octanol–water partition coefficient (Wildman–Crippen LogP) is 2.46. The second kappa shape index (κ2) is 4.25. The lowest BCUT2D eigenvalue weighted by atomic mass is 10.1. The highest BCUT2D eigenvalue weighted by Gasteiger charge is 2.09. The van der Waals surface area contributed by atoms with Gasteiger partial charge in [0, 0.05) is 5.56 Å². The lowest BCUT2D eigenvalue weighted by Crippen LogP contribution is -2.00. The van der Waals surface area contributed by atoms with Crippen molar-refractivity contribution in [1.29, 1.82) is 0 Å². The first-order valence-corrected chi connectivity index (χ1v) is 5.08. The summed E-state index contributed by atoms with van der Waals surface area (Å²) in [5.41, 5.74) is 1.92. The number of phenols is 1. The van der Waals surface area contributed by atoms with Crippen LogP contribution < -0.4 is 0 Å². The lowest BCUT2D eigenvalue weighted by molar-refractivity contribution is 0.0690. The molecule has 0 fully saturated rings. The van der Waals surface area contributed by atoms with Crippen LogP contribution in [0.4, 0.5) is 0 Å². The number of rotatable bonds is 2. The van der Waals surface area contributed by atoms with E-state index in [1.165, 1.54) is 6.07 Å². The van der Waals surface area contributed by atoms with Gasteiger partial charge in [-0.25, -0.2) is 9.78 Å². The SMILES string of the molecule is Cc1ccc(O)c(-c2cccc(C(=O)O)n2)c1. The first-order chi connectivity index (χ1) is 8.08. The number of nitrogens with zero attached hydrogens (tertiary/aromatic N) is 1. The van der Waals surface area contributed by atoms with Crippen LogP contribution in [0.3, 0.4) is 0 Å². The van der Waals surface area contributed by atoms with Crippen molar-refractivity contribution in [2.45, 2.75) is 6.92 Å². The molecule has 0 spiro atoms. The molecule has 86 valence electrons. The summed E-state index contributed by atoms with van der Waals surface area (Å²) >= 11 is 0. The monoisotopic (exact) mass is 229 g/mol. The summed E-state index contributed by atoms with van der Waals surface area (Å²) in [5.74, 6) is -0.996. The molecule has 2 N–H and O–H groups in total. The fourth-order valence-electron chi connectivity index (χ4n) is 1.56. The zero-order valence-electron chi connectivity index (χ0n) is 9.21. The molecule has 17 heavy (non-hydrogen) atoms. The van der Waals surface area contributed by atoms with Crippen LogP contribution in [0, 0.1) is 6.92 Å². The van der Waals surface area contributed by atoms with Gasteiger partial charge in [-0.3, -0.25) is 0 Å². The van der Waals surface area contributed by atoms with Crippen molar-refractivity contribution in [3.05, 3.63) is 47.7 Å². The van der Waals surface area contributed by atoms with Gasteiger partial charge in [-0.05, 0) is 31.2 Å². The standard InChI is InChI=1S/C13H11NO3/c1-8-5-6-12(15)9(7-8)10-3-2-4-11(14-10)13(16)17/h2-7,15H,1H3,(H,16,17). The molecule has 0 saturated heterocycles. The number of aromatic carboxylic acids is 1. The molecule has 0 saturated carbocycles. The Morgan fingerprint density at radius 2 is 2.00 bits per heavy atom. The molecule has 1 aromatic heterocycles. The van der Waals surface area contributed by atoms with Crippen molar-refractivity contribution in [2.24, 2.45) is 0 Å². The van der Waals surface area contributed by atoms with Crippen LogP contribution in [0.1, 0.15) is 16.1 Å². The van der Waals surface area contributed by atoms with Crippen LogP contribution in [-0.2, 0) is 0 Å². The molecule has 2 aromatic rings. The highest BCUT2D eigenvalue weighted by molar-refractivity contribution is 5.86. The quantitative estimate of drug-likeness (QED) is 0.829. The zero-order valence-corrected chi connectivity index (χ0v) is 9.21. The third-order valence-corrected chi connectivity index (χ3v) is 2.40. The van der Waals surface area contributed by atoms with Crippen molar-refractivity contribution in [3.63, 3.8) is 0 Å². The number of aryl methyl sites for hydroxylation is 1. The van der Waals surface area contributed by atoms with Gasteiger partial charge in [0.15, 0.2) is 0 Å². The summed E-state index contributed by atoms with van der Waals surface area (Å²) in [5, 5.41) is 18.6. The van der Waals surface area contributed by atoms with Crippen LogP contribution in [0.25, 0.3) is 11.3 Å². The van der Waals surface area contributed by atoms with Crippen molar-refractivity contribution in [3.8, 4) is 17.0 Å². The second-order valence-corrected chi connectivity index (χ2v) is 3.73. The highest BCUT2D eigenvalue weighted by Crippen LogP contribution is 2.28. The van der Waals surface area contributed by atoms with E-state index in [0.29, 0.717) is 11.3 Å². The van der Waals surface area contributed by atoms with E-state index in [2.05, 4.69) is 4.98 Å². The van der Waals surface area contributed by atoms with Crippen LogP contribution in [-0.4, -0.2) is 21.2 Å². The van der Waals surface area contributed by atoms with Crippen LogP contribution in [0.15, 0.2) is 36.4 Å². The Balaban J connectivity index is 2.56. The zero-order chi connectivity index (χ0) is 12.4. The molecule has 0 aliphatic carbocycles. The molecule has 0 radical (unpaired) electrons. The maximum absolute atomic E-state index is 10.8. The van der Waals surface area contributed by atoms with Gasteiger partial charge in [-0.15, -0.1) is 0 Å². The minimum Gasteiger partial charge on any atom is -0.507 e. The Morgan fingerprint density at radius 1 is 1.24 bits per heavy atom. The normalized spacial score (nSPS) is 10.2. The number of hydrogen-bond donors (Lipinski definition) is 2. The van der Waals surface area contributed by atoms with E-state index >= 15 is 0 Å². The summed E-state index contributed by atoms with van der Waals surface area (Å²) in [6.45, 7) is 1.89. The number of carboxylic acid groups (broad SMARTS) is 1. The summed E-state index contributed by atoms with van der Waals surface area (Å²) in [6, 6.07) is 9.80. The predicted molar refractivity (Wildman–Crippen MR) is 63.0 cm³/mol. The maximum Gasteiger partial charge on any atom is 0.354 e. The summed E-state index contributed by atoms with van der Waals surface area (Å²) in [4.78, 5) is 14.8. The molecule has 0 aliphatic rings. The lowest BCUT2D eigenvalue weighted by Gasteiger charge is -2.05. The van der Waals surface area contributed by atoms with E-state index in [1.54, 1.807) is 30.3 Å². The molecule has 4 nitrogen and oxygen atoms in total. The number of benzene rings is 1. The van der Waals surface area contributed by atoms with Crippen molar-refractivity contribution in [1.82, 2.24) is 4.98 Å². The highest BCUT2D eigenvalue weighted by atomic mass is 16.4. The number of aromatic nitrogens is 1.